The molecule has 0 aromatic heterocycles. The Balaban J connectivity index is 1.50. The number of nitriles is 1. The van der Waals surface area contributed by atoms with Gasteiger partial charge < -0.3 is 10.6 Å². The molecule has 1 fully saturated rings. The summed E-state index contributed by atoms with van der Waals surface area (Å²) in [6.07, 6.45) is 0.877. The first-order valence-electron chi connectivity index (χ1n) is 12.9. The maximum Gasteiger partial charge on any atom is 0.326 e. The molecule has 4 rings (SSSR count). The molecule has 3 aromatic carbocycles. The van der Waals surface area contributed by atoms with E-state index < -0.39 is 0 Å². The lowest BCUT2D eigenvalue weighted by molar-refractivity contribution is -0.124. The SMILES string of the molecule is CC(C)C(=O)N[C@@H]1CCN(CCN(C(=O)Nc2cc(Cl)cc(Cl)c2)c2ccc(-c3cccc(C#N)c3)cc2)C1. The minimum absolute atomic E-state index is 0.0522. The second kappa shape index (κ2) is 13.0. The van der Waals surface area contributed by atoms with Crippen molar-refractivity contribution >= 4 is 46.5 Å². The third-order valence-corrected chi connectivity index (χ3v) is 7.08. The smallest absolute Gasteiger partial charge is 0.326 e. The number of likely N-dealkylation sites (tertiary alicyclic amines) is 1. The van der Waals surface area contributed by atoms with E-state index in [9.17, 15) is 14.9 Å². The van der Waals surface area contributed by atoms with Crippen molar-refractivity contribution in [3.63, 3.8) is 0 Å². The van der Waals surface area contributed by atoms with Crippen LogP contribution in [-0.4, -0.2) is 49.1 Å². The van der Waals surface area contributed by atoms with Crippen molar-refractivity contribution < 1.29 is 9.59 Å². The zero-order valence-electron chi connectivity index (χ0n) is 22.0. The van der Waals surface area contributed by atoms with Gasteiger partial charge in [0.2, 0.25) is 5.91 Å². The van der Waals surface area contributed by atoms with Crippen molar-refractivity contribution in [2.24, 2.45) is 5.92 Å². The number of nitrogens with one attached hydrogen (secondary N) is 2. The third-order valence-electron chi connectivity index (χ3n) is 6.65. The predicted molar refractivity (Wildman–Crippen MR) is 157 cm³/mol. The van der Waals surface area contributed by atoms with Gasteiger partial charge in [0.15, 0.2) is 0 Å². The number of hydrogen-bond acceptors (Lipinski definition) is 4. The van der Waals surface area contributed by atoms with Gasteiger partial charge in [0.1, 0.15) is 0 Å². The highest BCUT2D eigenvalue weighted by molar-refractivity contribution is 6.35. The van der Waals surface area contributed by atoms with Gasteiger partial charge in [-0.3, -0.25) is 14.6 Å². The number of urea groups is 1. The highest BCUT2D eigenvalue weighted by Crippen LogP contribution is 2.26. The molecule has 3 aromatic rings. The van der Waals surface area contributed by atoms with Crippen molar-refractivity contribution in [1.29, 1.82) is 5.26 Å². The van der Waals surface area contributed by atoms with Gasteiger partial charge in [0.05, 0.1) is 11.6 Å². The molecule has 9 heteroatoms. The topological polar surface area (TPSA) is 88.5 Å². The van der Waals surface area contributed by atoms with Gasteiger partial charge in [-0.05, 0) is 60.0 Å². The van der Waals surface area contributed by atoms with E-state index in [1.54, 1.807) is 29.2 Å². The van der Waals surface area contributed by atoms with E-state index in [2.05, 4.69) is 21.6 Å². The molecule has 0 saturated carbocycles. The number of nitrogens with zero attached hydrogens (tertiary/aromatic N) is 3. The van der Waals surface area contributed by atoms with E-state index in [-0.39, 0.29) is 23.9 Å². The lowest BCUT2D eigenvalue weighted by Gasteiger charge is -2.26. The summed E-state index contributed by atoms with van der Waals surface area (Å²) in [5.41, 5.74) is 3.69. The highest BCUT2D eigenvalue weighted by atomic mass is 35.5. The monoisotopic (exact) mass is 563 g/mol. The molecule has 39 heavy (non-hydrogen) atoms. The van der Waals surface area contributed by atoms with Crippen LogP contribution >= 0.6 is 23.2 Å². The largest absolute Gasteiger partial charge is 0.352 e. The van der Waals surface area contributed by atoms with E-state index in [1.807, 2.05) is 56.3 Å². The number of hydrogen-bond donors (Lipinski definition) is 2. The van der Waals surface area contributed by atoms with Crippen LogP contribution in [0.2, 0.25) is 10.0 Å². The van der Waals surface area contributed by atoms with Gasteiger partial charge in [-0.2, -0.15) is 5.26 Å². The molecule has 0 bridgehead atoms. The maximum atomic E-state index is 13.5. The Hall–Kier alpha value is -3.57. The fourth-order valence-electron chi connectivity index (χ4n) is 4.53. The Morgan fingerprint density at radius 2 is 1.77 bits per heavy atom. The Morgan fingerprint density at radius 1 is 1.05 bits per heavy atom. The van der Waals surface area contributed by atoms with Crippen LogP contribution in [0.15, 0.2) is 66.7 Å². The van der Waals surface area contributed by atoms with Gasteiger partial charge in [0.25, 0.3) is 0 Å². The van der Waals surface area contributed by atoms with Crippen molar-refractivity contribution in [1.82, 2.24) is 10.2 Å². The van der Waals surface area contributed by atoms with Gasteiger partial charge in [-0.1, -0.05) is 61.3 Å². The van der Waals surface area contributed by atoms with E-state index in [1.165, 1.54) is 0 Å². The van der Waals surface area contributed by atoms with E-state index >= 15 is 0 Å². The van der Waals surface area contributed by atoms with Crippen LogP contribution in [0.25, 0.3) is 11.1 Å². The van der Waals surface area contributed by atoms with Gasteiger partial charge in [0, 0.05) is 59.6 Å². The zero-order chi connectivity index (χ0) is 27.9. The number of rotatable bonds is 8. The molecule has 1 saturated heterocycles. The number of amides is 3. The van der Waals surface area contributed by atoms with Gasteiger partial charge >= 0.3 is 6.03 Å². The number of carbonyl (C=O) groups excluding carboxylic acids is 2. The minimum atomic E-state index is -0.309. The second-order valence-corrected chi connectivity index (χ2v) is 10.8. The molecule has 0 radical (unpaired) electrons. The molecule has 2 N–H and O–H groups in total. The standard InChI is InChI=1S/C30H31Cl2N5O2/c1-20(2)29(38)34-26-10-11-36(19-26)12-13-37(30(39)35-27-16-24(31)15-25(32)17-27)28-8-6-22(7-9-28)23-5-3-4-21(14-23)18-33/h3-9,14-17,20,26H,10-13,19H2,1-2H3,(H,34,38)(H,35,39)/t26-/m1/s1. The first kappa shape index (κ1) is 28.4. The Morgan fingerprint density at radius 3 is 2.44 bits per heavy atom. The average molecular weight is 565 g/mol. The van der Waals surface area contributed by atoms with E-state index in [0.717, 1.165) is 36.3 Å². The molecule has 3 amide bonds. The molecule has 1 aliphatic heterocycles. The summed E-state index contributed by atoms with van der Waals surface area (Å²) >= 11 is 12.3. The summed E-state index contributed by atoms with van der Waals surface area (Å²) in [5, 5.41) is 16.1. The van der Waals surface area contributed by atoms with Crippen molar-refractivity contribution in [3.8, 4) is 17.2 Å². The van der Waals surface area contributed by atoms with Crippen LogP contribution in [0.1, 0.15) is 25.8 Å². The van der Waals surface area contributed by atoms with Crippen molar-refractivity contribution in [2.75, 3.05) is 36.4 Å². The lowest BCUT2D eigenvalue weighted by Crippen LogP contribution is -2.42. The molecular weight excluding hydrogens is 533 g/mol. The van der Waals surface area contributed by atoms with Gasteiger partial charge in [-0.25, -0.2) is 4.79 Å². The second-order valence-electron chi connectivity index (χ2n) is 9.93. The van der Waals surface area contributed by atoms with Gasteiger partial charge in [-0.15, -0.1) is 0 Å². The molecule has 1 atom stereocenters. The molecule has 1 aliphatic rings. The molecule has 202 valence electrons. The van der Waals surface area contributed by atoms with E-state index in [0.29, 0.717) is 34.4 Å². The highest BCUT2D eigenvalue weighted by Gasteiger charge is 2.26. The first-order valence-corrected chi connectivity index (χ1v) is 13.7. The Kier molecular flexibility index (Phi) is 9.47. The lowest BCUT2D eigenvalue weighted by atomic mass is 10.0. The van der Waals surface area contributed by atoms with Crippen LogP contribution in [0.4, 0.5) is 16.2 Å². The molecule has 1 heterocycles. The zero-order valence-corrected chi connectivity index (χ0v) is 23.5. The summed E-state index contributed by atoms with van der Waals surface area (Å²) in [4.78, 5) is 29.5. The number of benzene rings is 3. The molecular formula is C30H31Cl2N5O2. The minimum Gasteiger partial charge on any atom is -0.352 e. The summed E-state index contributed by atoms with van der Waals surface area (Å²) in [6.45, 7) is 6.44. The summed E-state index contributed by atoms with van der Waals surface area (Å²) < 4.78 is 0. The summed E-state index contributed by atoms with van der Waals surface area (Å²) in [5.74, 6) is 0.00649. The maximum absolute atomic E-state index is 13.5. The fourth-order valence-corrected chi connectivity index (χ4v) is 5.06. The summed E-state index contributed by atoms with van der Waals surface area (Å²) in [7, 11) is 0. The number of anilines is 2. The Labute approximate surface area is 239 Å². The summed E-state index contributed by atoms with van der Waals surface area (Å²) in [6, 6.07) is 22.0. The van der Waals surface area contributed by atoms with Crippen LogP contribution in [0, 0.1) is 17.2 Å². The van der Waals surface area contributed by atoms with Crippen LogP contribution in [0.3, 0.4) is 0 Å². The van der Waals surface area contributed by atoms with Crippen molar-refractivity contribution in [2.45, 2.75) is 26.3 Å². The molecule has 0 aliphatic carbocycles. The van der Waals surface area contributed by atoms with E-state index in [4.69, 9.17) is 23.2 Å². The first-order chi connectivity index (χ1) is 18.7. The van der Waals surface area contributed by atoms with Crippen LogP contribution < -0.4 is 15.5 Å². The van der Waals surface area contributed by atoms with Crippen LogP contribution in [0.5, 0.6) is 0 Å². The van der Waals surface area contributed by atoms with Crippen LogP contribution in [-0.2, 0) is 4.79 Å². The number of carbonyl (C=O) groups is 2. The molecule has 0 unspecified atom stereocenters. The third kappa shape index (κ3) is 7.73. The fraction of sp³-hybridized carbons (Fsp3) is 0.300. The molecule has 0 spiro atoms. The normalized spacial score (nSPS) is 15.1. The Bertz CT molecular complexity index is 1350. The quantitative estimate of drug-likeness (QED) is 0.331. The molecule has 7 nitrogen and oxygen atoms in total. The predicted octanol–water partition coefficient (Wildman–Crippen LogP) is 6.42. The average Bonchev–Trinajstić information content (AvgIpc) is 3.35. The van der Waals surface area contributed by atoms with Crippen molar-refractivity contribution in [3.05, 3.63) is 82.3 Å². The number of halogens is 2.